The average molecular weight is 432 g/mol. The number of carbonyl (C=O) groups is 2. The van der Waals surface area contributed by atoms with Crippen LogP contribution in [0.2, 0.25) is 0 Å². The number of benzene rings is 3. The van der Waals surface area contributed by atoms with E-state index in [2.05, 4.69) is 5.32 Å². The highest BCUT2D eigenvalue weighted by atomic mass is 32.1. The van der Waals surface area contributed by atoms with Crippen LogP contribution < -0.4 is 11.1 Å². The zero-order valence-electron chi connectivity index (χ0n) is 17.2. The Bertz CT molecular complexity index is 1090. The van der Waals surface area contributed by atoms with Crippen molar-refractivity contribution in [1.82, 2.24) is 10.2 Å². The molecule has 0 unspecified atom stereocenters. The highest BCUT2D eigenvalue weighted by Gasteiger charge is 2.13. The number of fused-ring (bicyclic) bond motifs is 1. The van der Waals surface area contributed by atoms with Gasteiger partial charge < -0.3 is 10.6 Å². The van der Waals surface area contributed by atoms with Crippen LogP contribution in [-0.4, -0.2) is 34.9 Å². The van der Waals surface area contributed by atoms with E-state index >= 15 is 0 Å². The van der Waals surface area contributed by atoms with Gasteiger partial charge in [-0.3, -0.25) is 14.9 Å². The number of hydrogen-bond donors (Lipinski definition) is 2. The molecule has 31 heavy (non-hydrogen) atoms. The average Bonchev–Trinajstić information content (AvgIpc) is 2.78. The van der Waals surface area contributed by atoms with Crippen molar-refractivity contribution in [3.63, 3.8) is 0 Å². The van der Waals surface area contributed by atoms with Crippen molar-refractivity contribution >= 4 is 46.0 Å². The number of nitrogens with two attached hydrogens (primary N) is 1. The van der Waals surface area contributed by atoms with Gasteiger partial charge in [-0.05, 0) is 46.6 Å². The SMILES string of the molecule is NC(=O)CCN(CCc1ccccc1)C(=S)NC(=O)/C=C/c1cccc2ccccc12. The number of rotatable bonds is 8. The van der Waals surface area contributed by atoms with Crippen molar-refractivity contribution in [1.29, 1.82) is 0 Å². The first-order valence-corrected chi connectivity index (χ1v) is 10.5. The lowest BCUT2D eigenvalue weighted by atomic mass is 10.0. The molecule has 2 amide bonds. The van der Waals surface area contributed by atoms with Crippen LogP contribution in [0.5, 0.6) is 0 Å². The Hall–Kier alpha value is -3.51. The third-order valence-electron chi connectivity index (χ3n) is 4.90. The fraction of sp³-hybridized carbons (Fsp3) is 0.160. The number of primary amides is 1. The Labute approximate surface area is 187 Å². The fourth-order valence-electron chi connectivity index (χ4n) is 3.26. The monoisotopic (exact) mass is 431 g/mol. The summed E-state index contributed by atoms with van der Waals surface area (Å²) in [6.07, 6.45) is 4.15. The van der Waals surface area contributed by atoms with Crippen molar-refractivity contribution < 1.29 is 9.59 Å². The molecule has 0 heterocycles. The van der Waals surface area contributed by atoms with Crippen LogP contribution in [0.3, 0.4) is 0 Å². The van der Waals surface area contributed by atoms with Crippen LogP contribution in [0.25, 0.3) is 16.8 Å². The van der Waals surface area contributed by atoms with Gasteiger partial charge in [-0.25, -0.2) is 0 Å². The zero-order chi connectivity index (χ0) is 22.1. The van der Waals surface area contributed by atoms with E-state index in [9.17, 15) is 9.59 Å². The summed E-state index contributed by atoms with van der Waals surface area (Å²) in [6.45, 7) is 0.928. The molecule has 0 bridgehead atoms. The number of nitrogens with one attached hydrogen (secondary N) is 1. The van der Waals surface area contributed by atoms with Gasteiger partial charge in [0.25, 0.3) is 0 Å². The highest BCUT2D eigenvalue weighted by molar-refractivity contribution is 7.80. The third-order valence-corrected chi connectivity index (χ3v) is 5.26. The molecule has 0 saturated carbocycles. The third kappa shape index (κ3) is 6.76. The maximum atomic E-state index is 12.5. The Kier molecular flexibility index (Phi) is 7.90. The van der Waals surface area contributed by atoms with Gasteiger partial charge in [-0.15, -0.1) is 0 Å². The first-order chi connectivity index (χ1) is 15.0. The molecule has 3 aromatic rings. The van der Waals surface area contributed by atoms with Crippen LogP contribution in [0.1, 0.15) is 17.5 Å². The first-order valence-electron chi connectivity index (χ1n) is 10.1. The van der Waals surface area contributed by atoms with Gasteiger partial charge in [-0.2, -0.15) is 0 Å². The van der Waals surface area contributed by atoms with Crippen molar-refractivity contribution in [3.8, 4) is 0 Å². The Morgan fingerprint density at radius 2 is 1.65 bits per heavy atom. The van der Waals surface area contributed by atoms with E-state index in [1.54, 1.807) is 11.0 Å². The molecule has 0 fully saturated rings. The number of amides is 2. The molecule has 0 aromatic heterocycles. The second-order valence-electron chi connectivity index (χ2n) is 7.14. The molecule has 6 heteroatoms. The maximum Gasteiger partial charge on any atom is 0.250 e. The maximum absolute atomic E-state index is 12.5. The van der Waals surface area contributed by atoms with Crippen LogP contribution in [-0.2, 0) is 16.0 Å². The first kappa shape index (κ1) is 22.2. The van der Waals surface area contributed by atoms with E-state index in [1.807, 2.05) is 72.8 Å². The molecule has 3 N–H and O–H groups in total. The molecule has 0 spiro atoms. The molecule has 0 aliphatic carbocycles. The van der Waals surface area contributed by atoms with E-state index in [-0.39, 0.29) is 17.4 Å². The zero-order valence-corrected chi connectivity index (χ0v) is 18.0. The van der Waals surface area contributed by atoms with E-state index in [1.165, 1.54) is 6.08 Å². The molecular formula is C25H25N3O2S. The summed E-state index contributed by atoms with van der Waals surface area (Å²) in [5.41, 5.74) is 7.40. The Morgan fingerprint density at radius 3 is 2.42 bits per heavy atom. The predicted molar refractivity (Wildman–Crippen MR) is 129 cm³/mol. The summed E-state index contributed by atoms with van der Waals surface area (Å²) in [5.74, 6) is -0.726. The molecule has 158 valence electrons. The van der Waals surface area contributed by atoms with Gasteiger partial charge in [-0.1, -0.05) is 72.8 Å². The molecule has 3 rings (SSSR count). The Balaban J connectivity index is 1.64. The standard InChI is InChI=1S/C25H25N3O2S/c26-23(29)16-18-28(17-15-19-7-2-1-3-8-19)25(31)27-24(30)14-13-21-11-6-10-20-9-4-5-12-22(20)21/h1-14H,15-18H2,(H2,26,29)(H,27,30,31)/b14-13+. The molecule has 0 saturated heterocycles. The van der Waals surface area contributed by atoms with Crippen molar-refractivity contribution in [3.05, 3.63) is 90.0 Å². The summed E-state index contributed by atoms with van der Waals surface area (Å²) >= 11 is 5.43. The number of nitrogens with zero attached hydrogens (tertiary/aromatic N) is 1. The van der Waals surface area contributed by atoms with E-state index < -0.39 is 5.91 Å². The topological polar surface area (TPSA) is 75.4 Å². The molecule has 5 nitrogen and oxygen atoms in total. The summed E-state index contributed by atoms with van der Waals surface area (Å²) in [7, 11) is 0. The van der Waals surface area contributed by atoms with Crippen LogP contribution in [0.15, 0.2) is 78.9 Å². The van der Waals surface area contributed by atoms with Crippen molar-refractivity contribution in [2.75, 3.05) is 13.1 Å². The summed E-state index contributed by atoms with van der Waals surface area (Å²) < 4.78 is 0. The number of thiocarbonyl (C=S) groups is 1. The van der Waals surface area contributed by atoms with Crippen LogP contribution >= 0.6 is 12.2 Å². The second-order valence-corrected chi connectivity index (χ2v) is 7.52. The second kappa shape index (κ2) is 11.0. The van der Waals surface area contributed by atoms with E-state index in [0.29, 0.717) is 13.1 Å². The van der Waals surface area contributed by atoms with Gasteiger partial charge in [0, 0.05) is 25.6 Å². The molecule has 0 radical (unpaired) electrons. The lowest BCUT2D eigenvalue weighted by Crippen LogP contribution is -2.44. The minimum atomic E-state index is -0.408. The van der Waals surface area contributed by atoms with Crippen molar-refractivity contribution in [2.45, 2.75) is 12.8 Å². The molecular weight excluding hydrogens is 406 g/mol. The number of hydrogen-bond acceptors (Lipinski definition) is 3. The molecule has 0 aliphatic heterocycles. The van der Waals surface area contributed by atoms with Gasteiger partial charge in [0.05, 0.1) is 0 Å². The lowest BCUT2D eigenvalue weighted by molar-refractivity contribution is -0.118. The van der Waals surface area contributed by atoms with E-state index in [0.717, 1.165) is 28.3 Å². The summed E-state index contributed by atoms with van der Waals surface area (Å²) in [4.78, 5) is 25.5. The predicted octanol–water partition coefficient (Wildman–Crippen LogP) is 3.67. The molecule has 0 aliphatic rings. The lowest BCUT2D eigenvalue weighted by Gasteiger charge is -2.24. The van der Waals surface area contributed by atoms with Crippen LogP contribution in [0.4, 0.5) is 0 Å². The minimum Gasteiger partial charge on any atom is -0.370 e. The Morgan fingerprint density at radius 1 is 0.935 bits per heavy atom. The van der Waals surface area contributed by atoms with Crippen LogP contribution in [0, 0.1) is 0 Å². The van der Waals surface area contributed by atoms with Crippen molar-refractivity contribution in [2.24, 2.45) is 5.73 Å². The molecule has 0 atom stereocenters. The quantitative estimate of drug-likeness (QED) is 0.421. The summed E-state index contributed by atoms with van der Waals surface area (Å²) in [6, 6.07) is 23.9. The van der Waals surface area contributed by atoms with E-state index in [4.69, 9.17) is 18.0 Å². The normalized spacial score (nSPS) is 10.8. The van der Waals surface area contributed by atoms with Gasteiger partial charge in [0.1, 0.15) is 0 Å². The molecule has 3 aromatic carbocycles. The number of carbonyl (C=O) groups excluding carboxylic acids is 2. The van der Waals surface area contributed by atoms with Gasteiger partial charge >= 0.3 is 0 Å². The minimum absolute atomic E-state index is 0.163. The fourth-order valence-corrected chi connectivity index (χ4v) is 3.54. The largest absolute Gasteiger partial charge is 0.370 e. The highest BCUT2D eigenvalue weighted by Crippen LogP contribution is 2.19. The smallest absolute Gasteiger partial charge is 0.250 e. The summed E-state index contributed by atoms with van der Waals surface area (Å²) in [5, 5.41) is 5.20. The van der Waals surface area contributed by atoms with Gasteiger partial charge in [0.15, 0.2) is 5.11 Å². The van der Waals surface area contributed by atoms with Gasteiger partial charge in [0.2, 0.25) is 11.8 Å².